The van der Waals surface area contributed by atoms with Gasteiger partial charge in [-0.2, -0.15) is 8.78 Å². The van der Waals surface area contributed by atoms with Gasteiger partial charge in [-0.3, -0.25) is 0 Å². The van der Waals surface area contributed by atoms with Crippen molar-refractivity contribution in [1.29, 1.82) is 0 Å². The summed E-state index contributed by atoms with van der Waals surface area (Å²) in [7, 11) is -4.26. The summed E-state index contributed by atoms with van der Waals surface area (Å²) >= 11 is 0. The number of sulfonamides is 1. The van der Waals surface area contributed by atoms with Crippen LogP contribution in [-0.4, -0.2) is 33.9 Å². The van der Waals surface area contributed by atoms with E-state index in [-0.39, 0.29) is 4.90 Å². The van der Waals surface area contributed by atoms with Crippen molar-refractivity contribution in [3.05, 3.63) is 24.3 Å². The molecular formula is C12H16F4N2O2S. The van der Waals surface area contributed by atoms with Crippen LogP contribution in [0.15, 0.2) is 29.2 Å². The van der Waals surface area contributed by atoms with Gasteiger partial charge in [-0.25, -0.2) is 21.9 Å². The van der Waals surface area contributed by atoms with E-state index in [9.17, 15) is 26.0 Å². The summed E-state index contributed by atoms with van der Waals surface area (Å²) in [5.74, 6) is -4.41. The molecule has 120 valence electrons. The Kier molecular flexibility index (Phi) is 5.97. The minimum Gasteiger partial charge on any atom is -0.385 e. The molecule has 1 aromatic carbocycles. The highest BCUT2D eigenvalue weighted by Gasteiger charge is 2.41. The molecule has 0 aliphatic rings. The van der Waals surface area contributed by atoms with Crippen LogP contribution >= 0.6 is 0 Å². The molecule has 1 rings (SSSR count). The maximum absolute atomic E-state index is 12.7. The number of anilines is 1. The first-order valence-electron chi connectivity index (χ1n) is 6.18. The van der Waals surface area contributed by atoms with Crippen molar-refractivity contribution in [1.82, 2.24) is 4.72 Å². The van der Waals surface area contributed by atoms with Crippen molar-refractivity contribution in [2.45, 2.75) is 30.6 Å². The quantitative estimate of drug-likeness (QED) is 0.722. The third-order valence-electron chi connectivity index (χ3n) is 2.56. The normalized spacial score (nSPS) is 12.7. The van der Waals surface area contributed by atoms with E-state index in [0.717, 1.165) is 6.42 Å². The lowest BCUT2D eigenvalue weighted by molar-refractivity contribution is -0.122. The molecule has 9 heteroatoms. The minimum absolute atomic E-state index is 0.269. The zero-order valence-electron chi connectivity index (χ0n) is 11.2. The highest BCUT2D eigenvalue weighted by Crippen LogP contribution is 2.22. The fraction of sp³-hybridized carbons (Fsp3) is 0.500. The Morgan fingerprint density at radius 2 is 1.76 bits per heavy atom. The average Bonchev–Trinajstić information content (AvgIpc) is 2.43. The lowest BCUT2D eigenvalue weighted by Crippen LogP contribution is -2.41. The molecule has 4 nitrogen and oxygen atoms in total. The van der Waals surface area contributed by atoms with Crippen LogP contribution in [0.5, 0.6) is 0 Å². The first-order valence-corrected chi connectivity index (χ1v) is 7.67. The van der Waals surface area contributed by atoms with Crippen LogP contribution < -0.4 is 10.0 Å². The zero-order chi connectivity index (χ0) is 16.1. The second-order valence-electron chi connectivity index (χ2n) is 4.34. The predicted molar refractivity (Wildman–Crippen MR) is 71.4 cm³/mol. The molecule has 0 unspecified atom stereocenters. The molecule has 2 N–H and O–H groups in total. The second-order valence-corrected chi connectivity index (χ2v) is 6.10. The topological polar surface area (TPSA) is 58.2 Å². The van der Waals surface area contributed by atoms with E-state index in [0.29, 0.717) is 12.2 Å². The Morgan fingerprint density at radius 3 is 2.24 bits per heavy atom. The Hall–Kier alpha value is -1.35. The van der Waals surface area contributed by atoms with Crippen LogP contribution in [0.2, 0.25) is 0 Å². The Labute approximate surface area is 120 Å². The molecular weight excluding hydrogens is 312 g/mol. The van der Waals surface area contributed by atoms with Gasteiger partial charge in [0.1, 0.15) is 0 Å². The second kappa shape index (κ2) is 7.08. The summed E-state index contributed by atoms with van der Waals surface area (Å²) in [6, 6.07) is 5.35. The standard InChI is InChI=1S/C12H16F4N2O2S/c1-2-7-17-9-3-5-10(6-4-9)21(19,20)18-8-12(15,16)11(13)14/h3-6,11,17-18H,2,7-8H2,1H3. The molecule has 0 fully saturated rings. The van der Waals surface area contributed by atoms with Crippen molar-refractivity contribution >= 4 is 15.7 Å². The van der Waals surface area contributed by atoms with Crippen molar-refractivity contribution in [3.8, 4) is 0 Å². The SMILES string of the molecule is CCCNc1ccc(S(=O)(=O)NCC(F)(F)C(F)F)cc1. The number of alkyl halides is 4. The maximum Gasteiger partial charge on any atom is 0.320 e. The maximum atomic E-state index is 12.7. The molecule has 0 saturated heterocycles. The van der Waals surface area contributed by atoms with E-state index in [1.54, 1.807) is 0 Å². The van der Waals surface area contributed by atoms with Gasteiger partial charge in [-0.05, 0) is 30.7 Å². The molecule has 0 aliphatic heterocycles. The highest BCUT2D eigenvalue weighted by molar-refractivity contribution is 7.89. The van der Waals surface area contributed by atoms with Crippen LogP contribution in [0.4, 0.5) is 23.2 Å². The molecule has 0 amide bonds. The number of hydrogen-bond acceptors (Lipinski definition) is 3. The highest BCUT2D eigenvalue weighted by atomic mass is 32.2. The first kappa shape index (κ1) is 17.7. The number of hydrogen-bond donors (Lipinski definition) is 2. The summed E-state index contributed by atoms with van der Waals surface area (Å²) in [6.07, 6.45) is -3.05. The van der Waals surface area contributed by atoms with E-state index in [1.165, 1.54) is 29.0 Å². The Balaban J connectivity index is 2.74. The van der Waals surface area contributed by atoms with Gasteiger partial charge in [0.25, 0.3) is 0 Å². The minimum atomic E-state index is -4.41. The van der Waals surface area contributed by atoms with Crippen molar-refractivity contribution in [3.63, 3.8) is 0 Å². The van der Waals surface area contributed by atoms with Crippen LogP contribution in [0, 0.1) is 0 Å². The fourth-order valence-corrected chi connectivity index (χ4v) is 2.42. The molecule has 0 aliphatic carbocycles. The largest absolute Gasteiger partial charge is 0.385 e. The van der Waals surface area contributed by atoms with E-state index in [1.807, 2.05) is 6.92 Å². The summed E-state index contributed by atoms with van der Waals surface area (Å²) in [6.45, 7) is 1.01. The molecule has 0 heterocycles. The lowest BCUT2D eigenvalue weighted by atomic mass is 10.3. The molecule has 0 bridgehead atoms. The van der Waals surface area contributed by atoms with Crippen LogP contribution in [0.1, 0.15) is 13.3 Å². The van der Waals surface area contributed by atoms with Gasteiger partial charge >= 0.3 is 12.3 Å². The monoisotopic (exact) mass is 328 g/mol. The third kappa shape index (κ3) is 5.16. The van der Waals surface area contributed by atoms with Gasteiger partial charge in [0.2, 0.25) is 10.0 Å². The van der Waals surface area contributed by atoms with Gasteiger partial charge in [-0.1, -0.05) is 6.92 Å². The Morgan fingerprint density at radius 1 is 1.19 bits per heavy atom. The van der Waals surface area contributed by atoms with Crippen LogP contribution in [-0.2, 0) is 10.0 Å². The van der Waals surface area contributed by atoms with Crippen molar-refractivity contribution < 1.29 is 26.0 Å². The first-order chi connectivity index (χ1) is 9.69. The van der Waals surface area contributed by atoms with Crippen LogP contribution in [0.3, 0.4) is 0 Å². The Bertz CT molecular complexity index is 547. The van der Waals surface area contributed by atoms with Gasteiger partial charge in [0.15, 0.2) is 0 Å². The van der Waals surface area contributed by atoms with E-state index in [2.05, 4.69) is 5.32 Å². The van der Waals surface area contributed by atoms with Gasteiger partial charge in [0, 0.05) is 12.2 Å². The van der Waals surface area contributed by atoms with Crippen LogP contribution in [0.25, 0.3) is 0 Å². The predicted octanol–water partition coefficient (Wildman–Crippen LogP) is 2.69. The van der Waals surface area contributed by atoms with Crippen molar-refractivity contribution in [2.75, 3.05) is 18.4 Å². The number of halogens is 4. The zero-order valence-corrected chi connectivity index (χ0v) is 12.1. The smallest absolute Gasteiger partial charge is 0.320 e. The lowest BCUT2D eigenvalue weighted by Gasteiger charge is -2.16. The molecule has 1 aromatic rings. The average molecular weight is 328 g/mol. The third-order valence-corrected chi connectivity index (χ3v) is 3.98. The van der Waals surface area contributed by atoms with E-state index in [4.69, 9.17) is 0 Å². The number of nitrogens with one attached hydrogen (secondary N) is 2. The molecule has 0 radical (unpaired) electrons. The van der Waals surface area contributed by atoms with Gasteiger partial charge in [0.05, 0.1) is 11.4 Å². The summed E-state index contributed by atoms with van der Waals surface area (Å²) in [5, 5.41) is 3.01. The van der Waals surface area contributed by atoms with Gasteiger partial charge in [-0.15, -0.1) is 0 Å². The molecule has 0 aromatic heterocycles. The van der Waals surface area contributed by atoms with Crippen molar-refractivity contribution in [2.24, 2.45) is 0 Å². The number of benzene rings is 1. The van der Waals surface area contributed by atoms with E-state index >= 15 is 0 Å². The molecule has 0 atom stereocenters. The molecule has 0 saturated carbocycles. The summed E-state index contributed by atoms with van der Waals surface area (Å²) in [4.78, 5) is -0.269. The fourth-order valence-electron chi connectivity index (χ4n) is 1.37. The summed E-state index contributed by atoms with van der Waals surface area (Å²) in [5.41, 5.74) is 0.675. The van der Waals surface area contributed by atoms with Gasteiger partial charge < -0.3 is 5.32 Å². The number of rotatable bonds is 8. The van der Waals surface area contributed by atoms with E-state index < -0.39 is 28.9 Å². The summed E-state index contributed by atoms with van der Waals surface area (Å²) < 4.78 is 74.3. The molecule has 21 heavy (non-hydrogen) atoms. The molecule has 0 spiro atoms.